The van der Waals surface area contributed by atoms with E-state index in [1.54, 1.807) is 25.1 Å². The minimum Gasteiger partial charge on any atom is -0.505 e. The zero-order valence-corrected chi connectivity index (χ0v) is 14.1. The summed E-state index contributed by atoms with van der Waals surface area (Å²) in [6.07, 6.45) is 0. The van der Waals surface area contributed by atoms with Gasteiger partial charge in [0.25, 0.3) is 10.7 Å². The smallest absolute Gasteiger partial charge is 0.289 e. The van der Waals surface area contributed by atoms with Crippen molar-refractivity contribution in [2.45, 2.75) is 13.8 Å². The SMILES string of the molecule is CC(=O)n1c(=O)c(N=Nc2nc(Cl)ns2)c(O)c2cccc(C)c21. The molecule has 8 nitrogen and oxygen atoms in total. The fourth-order valence-corrected chi connectivity index (χ4v) is 2.94. The zero-order valence-electron chi connectivity index (χ0n) is 12.5. The summed E-state index contributed by atoms with van der Waals surface area (Å²) in [6, 6.07) is 5.04. The minimum atomic E-state index is -0.763. The van der Waals surface area contributed by atoms with E-state index in [1.165, 1.54) is 6.92 Å². The highest BCUT2D eigenvalue weighted by Gasteiger charge is 2.19. The molecule has 0 spiro atoms. The van der Waals surface area contributed by atoms with Gasteiger partial charge < -0.3 is 5.11 Å². The Kier molecular flexibility index (Phi) is 4.12. The van der Waals surface area contributed by atoms with Gasteiger partial charge in [0.1, 0.15) is 0 Å². The number of benzene rings is 1. The van der Waals surface area contributed by atoms with Crippen LogP contribution in [-0.2, 0) is 0 Å². The lowest BCUT2D eigenvalue weighted by Crippen LogP contribution is -2.25. The number of rotatable bonds is 2. The molecule has 0 aliphatic rings. The van der Waals surface area contributed by atoms with E-state index >= 15 is 0 Å². The topological polar surface area (TPSA) is 110 Å². The molecule has 122 valence electrons. The molecule has 10 heteroatoms. The molecule has 2 aromatic heterocycles. The number of azo groups is 1. The van der Waals surface area contributed by atoms with Crippen molar-refractivity contribution in [1.82, 2.24) is 13.9 Å². The van der Waals surface area contributed by atoms with Crippen LogP contribution in [0.25, 0.3) is 10.9 Å². The molecule has 24 heavy (non-hydrogen) atoms. The van der Waals surface area contributed by atoms with E-state index in [9.17, 15) is 14.7 Å². The molecule has 0 aliphatic carbocycles. The highest BCUT2D eigenvalue weighted by molar-refractivity contribution is 7.09. The van der Waals surface area contributed by atoms with Gasteiger partial charge in [-0.05, 0) is 30.2 Å². The zero-order chi connectivity index (χ0) is 17.4. The Balaban J connectivity index is 2.31. The first-order valence-electron chi connectivity index (χ1n) is 6.69. The van der Waals surface area contributed by atoms with Crippen LogP contribution in [0.4, 0.5) is 10.8 Å². The van der Waals surface area contributed by atoms with Crippen molar-refractivity contribution in [2.75, 3.05) is 0 Å². The monoisotopic (exact) mass is 363 g/mol. The average molecular weight is 364 g/mol. The Hall–Kier alpha value is -2.65. The second-order valence-electron chi connectivity index (χ2n) is 4.87. The largest absolute Gasteiger partial charge is 0.505 e. The number of hydrogen-bond donors (Lipinski definition) is 1. The minimum absolute atomic E-state index is 0.00783. The van der Waals surface area contributed by atoms with E-state index in [1.807, 2.05) is 0 Å². The number of carbonyl (C=O) groups is 1. The van der Waals surface area contributed by atoms with Crippen molar-refractivity contribution >= 4 is 50.8 Å². The molecule has 2 heterocycles. The first-order valence-corrected chi connectivity index (χ1v) is 7.84. The number of halogens is 1. The van der Waals surface area contributed by atoms with Crippen LogP contribution < -0.4 is 5.56 Å². The van der Waals surface area contributed by atoms with Gasteiger partial charge in [-0.2, -0.15) is 9.36 Å². The third-order valence-corrected chi connectivity index (χ3v) is 4.16. The number of fused-ring (bicyclic) bond motifs is 1. The summed E-state index contributed by atoms with van der Waals surface area (Å²) in [6.45, 7) is 3.00. The Morgan fingerprint density at radius 2 is 2.12 bits per heavy atom. The van der Waals surface area contributed by atoms with E-state index < -0.39 is 11.5 Å². The van der Waals surface area contributed by atoms with Crippen LogP contribution >= 0.6 is 23.1 Å². The first-order chi connectivity index (χ1) is 11.4. The molecule has 3 rings (SSSR count). The van der Waals surface area contributed by atoms with Gasteiger partial charge in [0.15, 0.2) is 11.4 Å². The van der Waals surface area contributed by atoms with Gasteiger partial charge in [-0.3, -0.25) is 9.59 Å². The molecule has 0 amide bonds. The van der Waals surface area contributed by atoms with E-state index in [4.69, 9.17) is 11.6 Å². The van der Waals surface area contributed by atoms with Crippen LogP contribution in [-0.4, -0.2) is 24.9 Å². The van der Waals surface area contributed by atoms with Gasteiger partial charge in [-0.25, -0.2) is 4.57 Å². The molecule has 3 aromatic rings. The molecule has 1 N–H and O–H groups in total. The maximum atomic E-state index is 12.6. The number of carbonyl (C=O) groups excluding carboxylic acids is 1. The highest BCUT2D eigenvalue weighted by Crippen LogP contribution is 2.34. The lowest BCUT2D eigenvalue weighted by Gasteiger charge is -2.12. The Bertz CT molecular complexity index is 1060. The maximum Gasteiger partial charge on any atom is 0.289 e. The van der Waals surface area contributed by atoms with Gasteiger partial charge in [-0.15, -0.1) is 10.2 Å². The third-order valence-electron chi connectivity index (χ3n) is 3.29. The van der Waals surface area contributed by atoms with Crippen molar-refractivity contribution in [2.24, 2.45) is 10.2 Å². The molecule has 0 aliphatic heterocycles. The van der Waals surface area contributed by atoms with Gasteiger partial charge in [0, 0.05) is 23.8 Å². The number of para-hydroxylation sites is 1. The fourth-order valence-electron chi connectivity index (χ4n) is 2.31. The second-order valence-corrected chi connectivity index (χ2v) is 5.94. The number of aromatic nitrogens is 3. The van der Waals surface area contributed by atoms with Crippen LogP contribution in [0.3, 0.4) is 0 Å². The van der Waals surface area contributed by atoms with Crippen LogP contribution in [0.15, 0.2) is 33.2 Å². The van der Waals surface area contributed by atoms with Gasteiger partial charge >= 0.3 is 0 Å². The summed E-state index contributed by atoms with van der Waals surface area (Å²) < 4.78 is 4.69. The molecule has 0 saturated heterocycles. The van der Waals surface area contributed by atoms with Crippen LogP contribution in [0.1, 0.15) is 17.3 Å². The molecule has 0 unspecified atom stereocenters. The normalized spacial score (nSPS) is 11.5. The van der Waals surface area contributed by atoms with Gasteiger partial charge in [0.05, 0.1) is 5.52 Å². The molecule has 1 aromatic carbocycles. The van der Waals surface area contributed by atoms with Crippen molar-refractivity contribution in [3.63, 3.8) is 0 Å². The lowest BCUT2D eigenvalue weighted by molar-refractivity contribution is 0.0937. The standard InChI is InChI=1S/C14H10ClN5O3S/c1-6-4-3-5-8-10(6)20(7(2)21)12(23)9(11(8)22)17-18-14-16-13(15)19-24-14/h3-5,22H,1-2H3. The Labute approximate surface area is 144 Å². The van der Waals surface area contributed by atoms with Crippen LogP contribution in [0, 0.1) is 6.92 Å². The van der Waals surface area contributed by atoms with Crippen LogP contribution in [0.5, 0.6) is 5.75 Å². The average Bonchev–Trinajstić information content (AvgIpc) is 2.93. The molecule has 0 radical (unpaired) electrons. The molecular weight excluding hydrogens is 354 g/mol. The number of aromatic hydroxyl groups is 1. The first kappa shape index (κ1) is 16.2. The molecule has 0 fully saturated rings. The highest BCUT2D eigenvalue weighted by atomic mass is 35.5. The third kappa shape index (κ3) is 2.68. The fraction of sp³-hybridized carbons (Fsp3) is 0.143. The van der Waals surface area contributed by atoms with E-state index in [0.29, 0.717) is 16.5 Å². The number of hydrogen-bond acceptors (Lipinski definition) is 8. The summed E-state index contributed by atoms with van der Waals surface area (Å²) in [7, 11) is 0. The molecule has 0 bridgehead atoms. The van der Waals surface area contributed by atoms with Crippen LogP contribution in [0.2, 0.25) is 5.28 Å². The summed E-state index contributed by atoms with van der Waals surface area (Å²) >= 11 is 6.48. The number of nitrogens with zero attached hydrogens (tertiary/aromatic N) is 5. The summed E-state index contributed by atoms with van der Waals surface area (Å²) in [5, 5.41) is 18.4. The van der Waals surface area contributed by atoms with Gasteiger partial charge in [0.2, 0.25) is 11.2 Å². The van der Waals surface area contributed by atoms with Crippen molar-refractivity contribution < 1.29 is 9.90 Å². The van der Waals surface area contributed by atoms with Crippen molar-refractivity contribution in [3.05, 3.63) is 39.4 Å². The van der Waals surface area contributed by atoms with Crippen molar-refractivity contribution in [3.8, 4) is 5.75 Å². The predicted molar refractivity (Wildman–Crippen MR) is 90.0 cm³/mol. The molecule has 0 saturated carbocycles. The van der Waals surface area contributed by atoms with E-state index in [-0.39, 0.29) is 21.9 Å². The number of pyridine rings is 1. The lowest BCUT2D eigenvalue weighted by atomic mass is 10.1. The summed E-state index contributed by atoms with van der Waals surface area (Å²) in [5.74, 6) is -0.842. The Morgan fingerprint density at radius 1 is 1.38 bits per heavy atom. The Morgan fingerprint density at radius 3 is 2.75 bits per heavy atom. The van der Waals surface area contributed by atoms with E-state index in [0.717, 1.165) is 16.1 Å². The molecular formula is C14H10ClN5O3S. The quantitative estimate of drug-likeness (QED) is 0.699. The van der Waals surface area contributed by atoms with Gasteiger partial charge in [-0.1, -0.05) is 12.1 Å². The number of aryl methyl sites for hydroxylation is 1. The summed E-state index contributed by atoms with van der Waals surface area (Å²) in [5.41, 5.74) is -0.101. The second kappa shape index (κ2) is 6.10. The predicted octanol–water partition coefficient (Wildman–Crippen LogP) is 3.60. The van der Waals surface area contributed by atoms with E-state index in [2.05, 4.69) is 19.6 Å². The molecule has 0 atom stereocenters. The van der Waals surface area contributed by atoms with Crippen molar-refractivity contribution in [1.29, 1.82) is 0 Å². The maximum absolute atomic E-state index is 12.6. The summed E-state index contributed by atoms with van der Waals surface area (Å²) in [4.78, 5) is 28.3.